The summed E-state index contributed by atoms with van der Waals surface area (Å²) in [6, 6.07) is 10.6. The molecule has 0 spiro atoms. The lowest BCUT2D eigenvalue weighted by Crippen LogP contribution is -2.07. The van der Waals surface area contributed by atoms with Gasteiger partial charge in [-0.05, 0) is 36.6 Å². The maximum atomic E-state index is 4.53. The average molecular weight is 368 g/mol. The summed E-state index contributed by atoms with van der Waals surface area (Å²) in [4.78, 5) is 11.0. The van der Waals surface area contributed by atoms with Crippen LogP contribution in [0.4, 0.5) is 5.82 Å². The molecule has 0 atom stereocenters. The van der Waals surface area contributed by atoms with Crippen LogP contribution in [0.5, 0.6) is 0 Å². The summed E-state index contributed by atoms with van der Waals surface area (Å²) < 4.78 is 0. The number of anilines is 1. The van der Waals surface area contributed by atoms with Gasteiger partial charge < -0.3 is 5.32 Å². The molecule has 0 aliphatic rings. The molecule has 26 heavy (non-hydrogen) atoms. The van der Waals surface area contributed by atoms with Gasteiger partial charge in [-0.25, -0.2) is 9.97 Å². The average Bonchev–Trinajstić information content (AvgIpc) is 3.06. The second-order valence-corrected chi connectivity index (χ2v) is 8.37. The molecule has 6 heteroatoms. The van der Waals surface area contributed by atoms with Crippen molar-refractivity contribution in [3.05, 3.63) is 52.7 Å². The van der Waals surface area contributed by atoms with Crippen molar-refractivity contribution in [2.75, 3.05) is 12.5 Å². The fraction of sp³-hybridized carbons (Fsp3) is 0.350. The Morgan fingerprint density at radius 3 is 2.54 bits per heavy atom. The largest absolute Gasteiger partial charge is 0.316 e. The van der Waals surface area contributed by atoms with Gasteiger partial charge in [-0.15, -0.1) is 11.3 Å². The Bertz CT molecular complexity index is 920. The molecule has 136 valence electrons. The van der Waals surface area contributed by atoms with Gasteiger partial charge in [-0.3, -0.25) is 5.43 Å². The van der Waals surface area contributed by atoms with E-state index in [1.54, 1.807) is 17.7 Å². The molecule has 0 saturated carbocycles. The van der Waals surface area contributed by atoms with E-state index in [2.05, 4.69) is 76.9 Å². The zero-order chi connectivity index (χ0) is 18.7. The van der Waals surface area contributed by atoms with Crippen LogP contribution in [0.25, 0.3) is 10.2 Å². The van der Waals surface area contributed by atoms with Crippen LogP contribution in [-0.4, -0.2) is 22.7 Å². The molecule has 0 amide bonds. The van der Waals surface area contributed by atoms with Crippen molar-refractivity contribution >= 4 is 33.1 Å². The summed E-state index contributed by atoms with van der Waals surface area (Å²) in [6.45, 7) is 9.48. The molecule has 0 fully saturated rings. The Kier molecular flexibility index (Phi) is 5.34. The highest BCUT2D eigenvalue weighted by atomic mass is 32.1. The summed E-state index contributed by atoms with van der Waals surface area (Å²) >= 11 is 1.71. The molecule has 0 aliphatic carbocycles. The number of hydrazone groups is 1. The lowest BCUT2D eigenvalue weighted by molar-refractivity contribution is 0.604. The van der Waals surface area contributed by atoms with Crippen molar-refractivity contribution in [3.8, 4) is 0 Å². The van der Waals surface area contributed by atoms with E-state index in [1.165, 1.54) is 10.4 Å². The van der Waals surface area contributed by atoms with E-state index in [-0.39, 0.29) is 5.41 Å². The minimum absolute atomic E-state index is 0.0942. The molecule has 0 aliphatic heterocycles. The number of nitrogens with zero attached hydrogens (tertiary/aromatic N) is 3. The molecule has 1 aromatic carbocycles. The van der Waals surface area contributed by atoms with E-state index in [1.807, 2.05) is 14.0 Å². The highest BCUT2D eigenvalue weighted by Crippen LogP contribution is 2.35. The molecule has 0 radical (unpaired) electrons. The van der Waals surface area contributed by atoms with Gasteiger partial charge in [0.05, 0.1) is 11.1 Å². The van der Waals surface area contributed by atoms with Crippen molar-refractivity contribution < 1.29 is 0 Å². The van der Waals surface area contributed by atoms with Crippen LogP contribution in [0.2, 0.25) is 0 Å². The Hall–Kier alpha value is -2.31. The molecule has 2 heterocycles. The quantitative estimate of drug-likeness (QED) is 0.513. The number of fused-ring (bicyclic) bond motifs is 1. The second kappa shape index (κ2) is 7.51. The molecule has 3 aromatic rings. The Labute approximate surface area is 158 Å². The van der Waals surface area contributed by atoms with E-state index in [0.29, 0.717) is 0 Å². The van der Waals surface area contributed by atoms with Gasteiger partial charge in [0.25, 0.3) is 0 Å². The summed E-state index contributed by atoms with van der Waals surface area (Å²) in [6.07, 6.45) is 1.59. The van der Waals surface area contributed by atoms with Crippen molar-refractivity contribution in [1.29, 1.82) is 0 Å². The lowest BCUT2D eigenvalue weighted by atomic mass is 9.94. The normalized spacial score (nSPS) is 12.6. The Balaban J connectivity index is 1.84. The number of hydrogen-bond donors (Lipinski definition) is 2. The van der Waals surface area contributed by atoms with E-state index >= 15 is 0 Å². The first-order valence-electron chi connectivity index (χ1n) is 8.67. The minimum atomic E-state index is 0.0942. The predicted octanol–water partition coefficient (Wildman–Crippen LogP) is 4.54. The van der Waals surface area contributed by atoms with Crippen molar-refractivity contribution in [2.45, 2.75) is 39.7 Å². The zero-order valence-corrected chi connectivity index (χ0v) is 16.7. The zero-order valence-electron chi connectivity index (χ0n) is 15.9. The summed E-state index contributed by atoms with van der Waals surface area (Å²) in [7, 11) is 1.95. The van der Waals surface area contributed by atoms with Gasteiger partial charge in [0, 0.05) is 11.4 Å². The molecular formula is C20H25N5S. The van der Waals surface area contributed by atoms with E-state index in [9.17, 15) is 0 Å². The van der Waals surface area contributed by atoms with E-state index < -0.39 is 0 Å². The van der Waals surface area contributed by atoms with Crippen molar-refractivity contribution in [2.24, 2.45) is 5.10 Å². The third-order valence-corrected chi connectivity index (χ3v) is 5.62. The Morgan fingerprint density at radius 2 is 1.88 bits per heavy atom. The van der Waals surface area contributed by atoms with Crippen LogP contribution in [0.15, 0.2) is 41.8 Å². The molecule has 3 rings (SSSR count). The summed E-state index contributed by atoms with van der Waals surface area (Å²) in [5.74, 6) is 0.743. The van der Waals surface area contributed by atoms with Gasteiger partial charge in [-0.1, -0.05) is 45.0 Å². The van der Waals surface area contributed by atoms with Crippen LogP contribution in [0.1, 0.15) is 43.7 Å². The minimum Gasteiger partial charge on any atom is -0.316 e. The van der Waals surface area contributed by atoms with Crippen LogP contribution in [-0.2, 0) is 12.0 Å². The van der Waals surface area contributed by atoms with Crippen LogP contribution in [0.3, 0.4) is 0 Å². The van der Waals surface area contributed by atoms with Gasteiger partial charge in [-0.2, -0.15) is 5.10 Å². The third kappa shape index (κ3) is 4.08. The number of hydrogen-bond acceptors (Lipinski definition) is 6. The van der Waals surface area contributed by atoms with Crippen LogP contribution >= 0.6 is 11.3 Å². The molecule has 5 nitrogen and oxygen atoms in total. The molecule has 2 N–H and O–H groups in total. The number of aromatic nitrogens is 2. The molecular weight excluding hydrogens is 342 g/mol. The van der Waals surface area contributed by atoms with Crippen LogP contribution < -0.4 is 10.7 Å². The maximum absolute atomic E-state index is 4.53. The highest BCUT2D eigenvalue weighted by Gasteiger charge is 2.18. The fourth-order valence-corrected chi connectivity index (χ4v) is 3.64. The maximum Gasteiger partial charge on any atom is 0.158 e. The predicted molar refractivity (Wildman–Crippen MR) is 111 cm³/mol. The lowest BCUT2D eigenvalue weighted by Gasteiger charge is -2.14. The molecule has 2 aromatic heterocycles. The third-order valence-electron chi connectivity index (χ3n) is 4.15. The monoisotopic (exact) mass is 367 g/mol. The fourth-order valence-electron chi connectivity index (χ4n) is 2.58. The smallest absolute Gasteiger partial charge is 0.158 e. The standard InChI is InChI=1S/C20H25N5S/c1-13(15-8-6-14(7-9-15)11-21-5)24-25-18-16-10-17(20(2,3)4)26-19(16)23-12-22-18/h6-10,12,21H,11H2,1-5H3,(H,22,23,25). The topological polar surface area (TPSA) is 62.2 Å². The summed E-state index contributed by atoms with van der Waals surface area (Å²) in [5.41, 5.74) is 6.47. The number of benzene rings is 1. The van der Waals surface area contributed by atoms with Gasteiger partial charge >= 0.3 is 0 Å². The Morgan fingerprint density at radius 1 is 1.15 bits per heavy atom. The molecule has 0 bridgehead atoms. The van der Waals surface area contributed by atoms with Gasteiger partial charge in [0.2, 0.25) is 0 Å². The van der Waals surface area contributed by atoms with Crippen molar-refractivity contribution in [3.63, 3.8) is 0 Å². The van der Waals surface area contributed by atoms with Crippen molar-refractivity contribution in [1.82, 2.24) is 15.3 Å². The van der Waals surface area contributed by atoms with Gasteiger partial charge in [0.15, 0.2) is 5.82 Å². The highest BCUT2D eigenvalue weighted by molar-refractivity contribution is 7.18. The number of thiophene rings is 1. The second-order valence-electron chi connectivity index (χ2n) is 7.34. The molecule has 0 saturated heterocycles. The molecule has 0 unspecified atom stereocenters. The first-order valence-corrected chi connectivity index (χ1v) is 9.49. The van der Waals surface area contributed by atoms with Gasteiger partial charge in [0.1, 0.15) is 11.2 Å². The van der Waals surface area contributed by atoms with E-state index in [4.69, 9.17) is 0 Å². The number of rotatable bonds is 5. The first-order chi connectivity index (χ1) is 12.4. The first kappa shape index (κ1) is 18.5. The SMILES string of the molecule is CNCc1ccc(C(C)=NNc2ncnc3sc(C(C)(C)C)cc23)cc1. The van der Waals surface area contributed by atoms with Crippen LogP contribution in [0, 0.1) is 0 Å². The number of nitrogens with one attached hydrogen (secondary N) is 2. The van der Waals surface area contributed by atoms with E-state index in [0.717, 1.165) is 33.9 Å². The summed E-state index contributed by atoms with van der Waals surface area (Å²) in [5, 5.41) is 8.70.